The van der Waals surface area contributed by atoms with Crippen molar-refractivity contribution < 1.29 is 28.5 Å². The Morgan fingerprint density at radius 1 is 1.36 bits per heavy atom. The van der Waals surface area contributed by atoms with Crippen LogP contribution in [-0.2, 0) is 14.3 Å². The lowest BCUT2D eigenvalue weighted by Gasteiger charge is -2.13. The number of carbonyl (C=O) groups excluding carboxylic acids is 2. The molecule has 122 valence electrons. The molecule has 0 aliphatic rings. The number of nitrogens with zero attached hydrogens (tertiary/aromatic N) is 1. The van der Waals surface area contributed by atoms with Gasteiger partial charge in [0.1, 0.15) is 6.61 Å². The smallest absolute Gasteiger partial charge is 0.334 e. The van der Waals surface area contributed by atoms with E-state index in [1.54, 1.807) is 0 Å². The summed E-state index contributed by atoms with van der Waals surface area (Å²) >= 11 is 0. The molecule has 0 radical (unpaired) electrons. The van der Waals surface area contributed by atoms with Crippen LogP contribution >= 0.6 is 0 Å². The molecule has 0 fully saturated rings. The first-order valence-electron chi connectivity index (χ1n) is 6.64. The second-order valence-electron chi connectivity index (χ2n) is 4.74. The fraction of sp³-hybridized carbons (Fsp3) is 0.500. The Bertz CT molecular complexity index is 518. The minimum atomic E-state index is -0.777. The molecule has 1 amide bonds. The number of hydrogen-bond acceptors (Lipinski definition) is 7. The van der Waals surface area contributed by atoms with E-state index in [1.165, 1.54) is 19.4 Å². The minimum absolute atomic E-state index is 0.0217. The number of ether oxygens (including phenoxy) is 4. The van der Waals surface area contributed by atoms with Gasteiger partial charge in [0.15, 0.2) is 17.2 Å². The van der Waals surface area contributed by atoms with Crippen LogP contribution in [0.1, 0.15) is 24.3 Å². The van der Waals surface area contributed by atoms with Crippen molar-refractivity contribution in [1.29, 1.82) is 0 Å². The molecule has 0 aromatic carbocycles. The molecule has 8 nitrogen and oxygen atoms in total. The standard InChI is InChI=1S/C14H20N2O6/c1-9(2)6-20-7-11(17)21-8-22-13-10(19-3)4-5-16-12(13)14(15)18/h4-5,9H,6-8H2,1-3H3,(H2,15,18). The Morgan fingerprint density at radius 3 is 2.68 bits per heavy atom. The van der Waals surface area contributed by atoms with Crippen LogP contribution in [0, 0.1) is 5.92 Å². The number of pyridine rings is 1. The van der Waals surface area contributed by atoms with Gasteiger partial charge in [-0.05, 0) is 5.92 Å². The highest BCUT2D eigenvalue weighted by Gasteiger charge is 2.17. The van der Waals surface area contributed by atoms with E-state index in [0.717, 1.165) is 0 Å². The summed E-state index contributed by atoms with van der Waals surface area (Å²) in [4.78, 5) is 26.5. The lowest BCUT2D eigenvalue weighted by Crippen LogP contribution is -2.20. The Morgan fingerprint density at radius 2 is 2.09 bits per heavy atom. The third-order valence-electron chi connectivity index (χ3n) is 2.42. The number of rotatable bonds is 9. The van der Waals surface area contributed by atoms with Gasteiger partial charge >= 0.3 is 5.97 Å². The molecule has 0 saturated heterocycles. The van der Waals surface area contributed by atoms with Crippen molar-refractivity contribution in [2.45, 2.75) is 13.8 Å². The number of nitrogens with two attached hydrogens (primary N) is 1. The normalized spacial score (nSPS) is 10.4. The monoisotopic (exact) mass is 312 g/mol. The summed E-state index contributed by atoms with van der Waals surface area (Å²) in [6.07, 6.45) is 1.36. The molecule has 1 rings (SSSR count). The van der Waals surface area contributed by atoms with Crippen molar-refractivity contribution >= 4 is 11.9 Å². The quantitative estimate of drug-likeness (QED) is 0.529. The van der Waals surface area contributed by atoms with Crippen molar-refractivity contribution in [1.82, 2.24) is 4.98 Å². The number of carbonyl (C=O) groups is 2. The summed E-state index contributed by atoms with van der Waals surface area (Å²) in [5.41, 5.74) is 5.09. The van der Waals surface area contributed by atoms with Crippen LogP contribution in [-0.4, -0.2) is 44.0 Å². The summed E-state index contributed by atoms with van der Waals surface area (Å²) < 4.78 is 20.2. The van der Waals surface area contributed by atoms with Crippen molar-refractivity contribution in [3.63, 3.8) is 0 Å². The molecule has 22 heavy (non-hydrogen) atoms. The molecule has 0 atom stereocenters. The van der Waals surface area contributed by atoms with E-state index in [4.69, 9.17) is 24.7 Å². The van der Waals surface area contributed by atoms with Crippen LogP contribution in [0.2, 0.25) is 0 Å². The number of amides is 1. The lowest BCUT2D eigenvalue weighted by atomic mass is 10.2. The molecule has 1 aromatic rings. The molecule has 0 spiro atoms. The maximum Gasteiger partial charge on any atom is 0.334 e. The zero-order valence-corrected chi connectivity index (χ0v) is 12.8. The van der Waals surface area contributed by atoms with E-state index < -0.39 is 18.7 Å². The Kier molecular flexibility index (Phi) is 7.11. The Labute approximate surface area is 128 Å². The van der Waals surface area contributed by atoms with Crippen molar-refractivity contribution in [3.8, 4) is 11.5 Å². The van der Waals surface area contributed by atoms with Gasteiger partial charge in [0.2, 0.25) is 6.79 Å². The molecular weight excluding hydrogens is 292 g/mol. The summed E-state index contributed by atoms with van der Waals surface area (Å²) in [6, 6.07) is 1.50. The number of aromatic nitrogens is 1. The SMILES string of the molecule is COc1ccnc(C(N)=O)c1OCOC(=O)COCC(C)C. The Hall–Kier alpha value is -2.35. The van der Waals surface area contributed by atoms with Gasteiger partial charge in [0, 0.05) is 18.9 Å². The molecule has 8 heteroatoms. The number of hydrogen-bond donors (Lipinski definition) is 1. The predicted octanol–water partition coefficient (Wildman–Crippen LogP) is 0.741. The molecule has 0 aliphatic heterocycles. The third-order valence-corrected chi connectivity index (χ3v) is 2.42. The maximum atomic E-state index is 11.4. The maximum absolute atomic E-state index is 11.4. The van der Waals surface area contributed by atoms with Gasteiger partial charge < -0.3 is 24.7 Å². The largest absolute Gasteiger partial charge is 0.493 e. The first kappa shape index (κ1) is 17.7. The van der Waals surface area contributed by atoms with E-state index in [2.05, 4.69) is 4.98 Å². The molecule has 2 N–H and O–H groups in total. The topological polar surface area (TPSA) is 110 Å². The first-order valence-corrected chi connectivity index (χ1v) is 6.64. The minimum Gasteiger partial charge on any atom is -0.493 e. The van der Waals surface area contributed by atoms with Crippen molar-refractivity contribution in [2.24, 2.45) is 11.7 Å². The van der Waals surface area contributed by atoms with Gasteiger partial charge in [0.05, 0.1) is 7.11 Å². The lowest BCUT2D eigenvalue weighted by molar-refractivity contribution is -0.155. The van der Waals surface area contributed by atoms with Crippen LogP contribution in [0.15, 0.2) is 12.3 Å². The predicted molar refractivity (Wildman–Crippen MR) is 76.6 cm³/mol. The van der Waals surface area contributed by atoms with E-state index in [-0.39, 0.29) is 23.8 Å². The first-order chi connectivity index (χ1) is 10.5. The fourth-order valence-corrected chi connectivity index (χ4v) is 1.48. The summed E-state index contributed by atoms with van der Waals surface area (Å²) in [5.74, 6) is -0.754. The van der Waals surface area contributed by atoms with E-state index >= 15 is 0 Å². The zero-order valence-electron chi connectivity index (χ0n) is 12.8. The van der Waals surface area contributed by atoms with Gasteiger partial charge in [-0.1, -0.05) is 13.8 Å². The molecular formula is C14H20N2O6. The number of primary amides is 1. The van der Waals surface area contributed by atoms with Gasteiger partial charge in [-0.3, -0.25) is 4.79 Å². The average molecular weight is 312 g/mol. The van der Waals surface area contributed by atoms with Crippen LogP contribution in [0.4, 0.5) is 0 Å². The second kappa shape index (κ2) is 8.83. The van der Waals surface area contributed by atoms with Crippen LogP contribution in [0.3, 0.4) is 0 Å². The Balaban J connectivity index is 2.54. The highest BCUT2D eigenvalue weighted by molar-refractivity contribution is 5.94. The van der Waals surface area contributed by atoms with E-state index in [9.17, 15) is 9.59 Å². The summed E-state index contributed by atoms with van der Waals surface area (Å²) in [5, 5.41) is 0. The third kappa shape index (κ3) is 5.57. The molecule has 1 aromatic heterocycles. The van der Waals surface area contributed by atoms with E-state index in [1.807, 2.05) is 13.8 Å². The van der Waals surface area contributed by atoms with Crippen LogP contribution in [0.25, 0.3) is 0 Å². The van der Waals surface area contributed by atoms with Crippen LogP contribution in [0.5, 0.6) is 11.5 Å². The van der Waals surface area contributed by atoms with Gasteiger partial charge in [-0.25, -0.2) is 9.78 Å². The van der Waals surface area contributed by atoms with Gasteiger partial charge in [0.25, 0.3) is 5.91 Å². The highest BCUT2D eigenvalue weighted by atomic mass is 16.7. The molecule has 1 heterocycles. The van der Waals surface area contributed by atoms with Crippen molar-refractivity contribution in [3.05, 3.63) is 18.0 Å². The van der Waals surface area contributed by atoms with Gasteiger partial charge in [-0.15, -0.1) is 0 Å². The van der Waals surface area contributed by atoms with Crippen LogP contribution < -0.4 is 15.2 Å². The number of esters is 1. The summed E-state index contributed by atoms with van der Waals surface area (Å²) in [7, 11) is 1.40. The number of methoxy groups -OCH3 is 1. The molecule has 0 aliphatic carbocycles. The zero-order chi connectivity index (χ0) is 16.5. The van der Waals surface area contributed by atoms with Crippen molar-refractivity contribution in [2.75, 3.05) is 27.1 Å². The second-order valence-corrected chi connectivity index (χ2v) is 4.74. The molecule has 0 bridgehead atoms. The summed E-state index contributed by atoms with van der Waals surface area (Å²) in [6.45, 7) is 3.81. The van der Waals surface area contributed by atoms with Gasteiger partial charge in [-0.2, -0.15) is 0 Å². The molecule has 0 saturated carbocycles. The molecule has 0 unspecified atom stereocenters. The average Bonchev–Trinajstić information content (AvgIpc) is 2.46. The highest BCUT2D eigenvalue weighted by Crippen LogP contribution is 2.29. The fourth-order valence-electron chi connectivity index (χ4n) is 1.48. The van der Waals surface area contributed by atoms with E-state index in [0.29, 0.717) is 12.5 Å².